The molecule has 0 spiro atoms. The lowest BCUT2D eigenvalue weighted by Crippen LogP contribution is -2.49. The van der Waals surface area contributed by atoms with Crippen molar-refractivity contribution in [2.24, 2.45) is 5.41 Å². The molecule has 26 heavy (non-hydrogen) atoms. The Morgan fingerprint density at radius 2 is 2.23 bits per heavy atom. The van der Waals surface area contributed by atoms with E-state index in [0.717, 1.165) is 4.57 Å². The van der Waals surface area contributed by atoms with E-state index in [1.54, 1.807) is 0 Å². The zero-order valence-electron chi connectivity index (χ0n) is 14.8. The molecule has 8 nitrogen and oxygen atoms in total. The predicted molar refractivity (Wildman–Crippen MR) is 92.4 cm³/mol. The highest BCUT2D eigenvalue weighted by Gasteiger charge is 2.58. The van der Waals surface area contributed by atoms with Gasteiger partial charge < -0.3 is 20.3 Å². The third kappa shape index (κ3) is 4.16. The lowest BCUT2D eigenvalue weighted by atomic mass is 9.92. The number of carbonyl (C=O) groups excluding carboxylic acids is 1. The van der Waals surface area contributed by atoms with Gasteiger partial charge in [-0.2, -0.15) is 4.98 Å². The van der Waals surface area contributed by atoms with E-state index >= 15 is 4.39 Å². The van der Waals surface area contributed by atoms with E-state index in [2.05, 4.69) is 4.98 Å². The number of alkyl halides is 2. The largest absolute Gasteiger partial charge is 0.456 e. The van der Waals surface area contributed by atoms with E-state index < -0.39 is 42.4 Å². The Labute approximate surface area is 155 Å². The second-order valence-corrected chi connectivity index (χ2v) is 7.77. The fourth-order valence-corrected chi connectivity index (χ4v) is 3.01. The van der Waals surface area contributed by atoms with Crippen molar-refractivity contribution in [1.29, 1.82) is 0 Å². The summed E-state index contributed by atoms with van der Waals surface area (Å²) in [4.78, 5) is 27.7. The molecule has 146 valence electrons. The van der Waals surface area contributed by atoms with Crippen molar-refractivity contribution < 1.29 is 23.8 Å². The molecule has 4 unspecified atom stereocenters. The number of aliphatic hydroxyl groups excluding tert-OH is 1. The fourth-order valence-electron chi connectivity index (χ4n) is 2.71. The number of esters is 1. The van der Waals surface area contributed by atoms with Gasteiger partial charge in [0, 0.05) is 6.20 Å². The molecule has 2 rings (SSSR count). The number of nitrogen functional groups attached to an aromatic ring is 1. The summed E-state index contributed by atoms with van der Waals surface area (Å²) in [5.41, 5.74) is 2.54. The molecule has 1 saturated heterocycles. The van der Waals surface area contributed by atoms with E-state index in [1.165, 1.54) is 12.3 Å². The summed E-state index contributed by atoms with van der Waals surface area (Å²) in [5, 5.41) is 9.74. The van der Waals surface area contributed by atoms with E-state index in [0.29, 0.717) is 0 Å². The minimum absolute atomic E-state index is 0.0291. The normalized spacial score (nSPS) is 28.9. The molecule has 4 atom stereocenters. The maximum absolute atomic E-state index is 15.1. The lowest BCUT2D eigenvalue weighted by molar-refractivity contribution is -0.166. The second kappa shape index (κ2) is 7.50. The summed E-state index contributed by atoms with van der Waals surface area (Å²) < 4.78 is 26.8. The molecule has 1 aromatic heterocycles. The SMILES string of the molecule is CC(C)(C)CC(=O)OC1C(F)C(n2ccc(N)nc2=O)OC1(CO)CCl. The number of nitrogens with two attached hydrogens (primary N) is 1. The van der Waals surface area contributed by atoms with Crippen LogP contribution in [-0.4, -0.2) is 51.0 Å². The molecule has 0 aliphatic carbocycles. The van der Waals surface area contributed by atoms with Gasteiger partial charge in [-0.25, -0.2) is 9.18 Å². The van der Waals surface area contributed by atoms with Crippen LogP contribution in [0, 0.1) is 5.41 Å². The third-order valence-electron chi connectivity index (χ3n) is 3.99. The molecular weight excluding hydrogens is 369 g/mol. The molecule has 1 aliphatic heterocycles. The number of halogens is 2. The number of aromatic nitrogens is 2. The van der Waals surface area contributed by atoms with E-state index in [-0.39, 0.29) is 23.5 Å². The summed E-state index contributed by atoms with van der Waals surface area (Å²) in [7, 11) is 0. The molecule has 2 heterocycles. The maximum atomic E-state index is 15.1. The molecule has 1 aliphatic rings. The molecular formula is C16H23ClFN3O5. The Bertz CT molecular complexity index is 717. The Morgan fingerprint density at radius 3 is 2.73 bits per heavy atom. The van der Waals surface area contributed by atoms with Gasteiger partial charge in [0.05, 0.1) is 18.9 Å². The lowest BCUT2D eigenvalue weighted by Gasteiger charge is -2.30. The van der Waals surface area contributed by atoms with Crippen LogP contribution < -0.4 is 11.4 Å². The number of hydrogen-bond acceptors (Lipinski definition) is 7. The first-order valence-electron chi connectivity index (χ1n) is 8.06. The van der Waals surface area contributed by atoms with E-state index in [4.69, 9.17) is 26.8 Å². The molecule has 10 heteroatoms. The van der Waals surface area contributed by atoms with Crippen LogP contribution in [0.3, 0.4) is 0 Å². The van der Waals surface area contributed by atoms with Gasteiger partial charge in [-0.15, -0.1) is 11.6 Å². The number of carbonyl (C=O) groups is 1. The summed E-state index contributed by atoms with van der Waals surface area (Å²) in [6.07, 6.45) is -3.62. The number of hydrogen-bond donors (Lipinski definition) is 2. The van der Waals surface area contributed by atoms with Crippen molar-refractivity contribution in [3.8, 4) is 0 Å². The predicted octanol–water partition coefficient (Wildman–Crippen LogP) is 1.01. The minimum atomic E-state index is -1.94. The topological polar surface area (TPSA) is 117 Å². The highest BCUT2D eigenvalue weighted by molar-refractivity contribution is 6.18. The van der Waals surface area contributed by atoms with Crippen LogP contribution in [0.1, 0.15) is 33.4 Å². The van der Waals surface area contributed by atoms with Crippen LogP contribution in [-0.2, 0) is 14.3 Å². The molecule has 1 aromatic rings. The van der Waals surface area contributed by atoms with Crippen molar-refractivity contribution in [2.75, 3.05) is 18.2 Å². The number of ether oxygens (including phenoxy) is 2. The van der Waals surface area contributed by atoms with Crippen molar-refractivity contribution in [1.82, 2.24) is 9.55 Å². The van der Waals surface area contributed by atoms with Gasteiger partial charge >= 0.3 is 11.7 Å². The minimum Gasteiger partial charge on any atom is -0.456 e. The van der Waals surface area contributed by atoms with Crippen molar-refractivity contribution >= 4 is 23.4 Å². The van der Waals surface area contributed by atoms with Crippen LogP contribution in [0.5, 0.6) is 0 Å². The second-order valence-electron chi connectivity index (χ2n) is 7.50. The highest BCUT2D eigenvalue weighted by atomic mass is 35.5. The monoisotopic (exact) mass is 391 g/mol. The molecule has 0 amide bonds. The van der Waals surface area contributed by atoms with E-state index in [9.17, 15) is 14.7 Å². The summed E-state index contributed by atoms with van der Waals surface area (Å²) >= 11 is 5.89. The number of anilines is 1. The molecule has 0 bridgehead atoms. The van der Waals surface area contributed by atoms with Gasteiger partial charge in [0.2, 0.25) is 0 Å². The Balaban J connectivity index is 2.33. The van der Waals surface area contributed by atoms with Crippen LogP contribution >= 0.6 is 11.6 Å². The maximum Gasteiger partial charge on any atom is 0.351 e. The number of aliphatic hydroxyl groups is 1. The standard InChI is InChI=1S/C16H23ClFN3O5/c1-15(2,3)6-10(23)25-12-11(18)13(26-16(12,7-17)8-22)21-5-4-9(19)20-14(21)24/h4-5,11-13,22H,6-8H2,1-3H3,(H2,19,20,24). The van der Waals surface area contributed by atoms with Crippen LogP contribution in [0.4, 0.5) is 10.2 Å². The Morgan fingerprint density at radius 1 is 1.58 bits per heavy atom. The molecule has 0 saturated carbocycles. The van der Waals surface area contributed by atoms with Crippen LogP contribution in [0.2, 0.25) is 0 Å². The first-order valence-corrected chi connectivity index (χ1v) is 8.59. The number of nitrogens with zero attached hydrogens (tertiary/aromatic N) is 2. The first kappa shape index (κ1) is 20.6. The summed E-state index contributed by atoms with van der Waals surface area (Å²) in [5.74, 6) is -1.02. The van der Waals surface area contributed by atoms with Gasteiger partial charge in [-0.3, -0.25) is 9.36 Å². The average Bonchev–Trinajstić information content (AvgIpc) is 2.79. The first-order chi connectivity index (χ1) is 12.0. The van der Waals surface area contributed by atoms with Gasteiger partial charge in [-0.1, -0.05) is 20.8 Å². The Hall–Kier alpha value is -1.71. The molecule has 0 radical (unpaired) electrons. The van der Waals surface area contributed by atoms with Crippen LogP contribution in [0.15, 0.2) is 17.1 Å². The van der Waals surface area contributed by atoms with Gasteiger partial charge in [0.15, 0.2) is 18.5 Å². The zero-order valence-corrected chi connectivity index (χ0v) is 15.6. The van der Waals surface area contributed by atoms with Gasteiger partial charge in [0.1, 0.15) is 11.4 Å². The van der Waals surface area contributed by atoms with Crippen molar-refractivity contribution in [2.45, 2.75) is 51.3 Å². The van der Waals surface area contributed by atoms with Gasteiger partial charge in [-0.05, 0) is 11.5 Å². The Kier molecular flexibility index (Phi) is 5.94. The third-order valence-corrected chi connectivity index (χ3v) is 4.44. The molecule has 1 fully saturated rings. The molecule has 3 N–H and O–H groups in total. The van der Waals surface area contributed by atoms with E-state index in [1.807, 2.05) is 20.8 Å². The van der Waals surface area contributed by atoms with Crippen molar-refractivity contribution in [3.63, 3.8) is 0 Å². The summed E-state index contributed by atoms with van der Waals surface area (Å²) in [6.45, 7) is 4.79. The number of rotatable bonds is 5. The fraction of sp³-hybridized carbons (Fsp3) is 0.688. The van der Waals surface area contributed by atoms with Crippen LogP contribution in [0.25, 0.3) is 0 Å². The summed E-state index contributed by atoms with van der Waals surface area (Å²) in [6, 6.07) is 1.30. The highest BCUT2D eigenvalue weighted by Crippen LogP contribution is 2.41. The molecule has 0 aromatic carbocycles. The average molecular weight is 392 g/mol. The quantitative estimate of drug-likeness (QED) is 0.568. The van der Waals surface area contributed by atoms with Crippen molar-refractivity contribution in [3.05, 3.63) is 22.7 Å². The smallest absolute Gasteiger partial charge is 0.351 e. The zero-order chi connectivity index (χ0) is 19.7. The van der Waals surface area contributed by atoms with Gasteiger partial charge in [0.25, 0.3) is 0 Å².